The standard InChI is InChI=1S/C10H17N3OS/c1-8-7-15-10(11-8)13(9(2)14)6-5-12(3)4/h7H,5-6H2,1-4H3. The van der Waals surface area contributed by atoms with Crippen molar-refractivity contribution in [1.29, 1.82) is 0 Å². The fraction of sp³-hybridized carbons (Fsp3) is 0.600. The highest BCUT2D eigenvalue weighted by Crippen LogP contribution is 2.19. The number of thiazole rings is 1. The molecule has 0 spiro atoms. The van der Waals surface area contributed by atoms with Gasteiger partial charge in [-0.1, -0.05) is 0 Å². The van der Waals surface area contributed by atoms with Crippen molar-refractivity contribution in [3.8, 4) is 0 Å². The molecule has 0 aliphatic heterocycles. The summed E-state index contributed by atoms with van der Waals surface area (Å²) in [5.74, 6) is 0.0474. The van der Waals surface area contributed by atoms with Crippen LogP contribution in [0.4, 0.5) is 5.13 Å². The normalized spacial score (nSPS) is 10.7. The van der Waals surface area contributed by atoms with Crippen LogP contribution in [0.15, 0.2) is 5.38 Å². The van der Waals surface area contributed by atoms with E-state index < -0.39 is 0 Å². The van der Waals surface area contributed by atoms with Gasteiger partial charge >= 0.3 is 0 Å². The Morgan fingerprint density at radius 3 is 2.53 bits per heavy atom. The highest BCUT2D eigenvalue weighted by atomic mass is 32.1. The number of amides is 1. The van der Waals surface area contributed by atoms with Gasteiger partial charge in [0.15, 0.2) is 5.13 Å². The van der Waals surface area contributed by atoms with E-state index >= 15 is 0 Å². The molecule has 0 aliphatic rings. The summed E-state index contributed by atoms with van der Waals surface area (Å²) in [7, 11) is 3.98. The molecule has 1 aromatic heterocycles. The molecule has 0 fully saturated rings. The van der Waals surface area contributed by atoms with Gasteiger partial charge in [0.25, 0.3) is 0 Å². The monoisotopic (exact) mass is 227 g/mol. The number of rotatable bonds is 4. The Morgan fingerprint density at radius 2 is 2.13 bits per heavy atom. The van der Waals surface area contributed by atoms with Crippen molar-refractivity contribution < 1.29 is 4.79 Å². The van der Waals surface area contributed by atoms with Gasteiger partial charge in [0, 0.05) is 25.4 Å². The van der Waals surface area contributed by atoms with Crippen LogP contribution in [0, 0.1) is 6.92 Å². The Morgan fingerprint density at radius 1 is 1.47 bits per heavy atom. The maximum Gasteiger partial charge on any atom is 0.225 e. The first-order valence-electron chi connectivity index (χ1n) is 4.85. The van der Waals surface area contributed by atoms with Crippen LogP contribution in [-0.2, 0) is 4.79 Å². The maximum atomic E-state index is 11.4. The Kier molecular flexibility index (Phi) is 4.23. The quantitative estimate of drug-likeness (QED) is 0.779. The van der Waals surface area contributed by atoms with Crippen molar-refractivity contribution in [2.45, 2.75) is 13.8 Å². The van der Waals surface area contributed by atoms with E-state index in [-0.39, 0.29) is 5.91 Å². The molecule has 0 saturated carbocycles. The third-order valence-corrected chi connectivity index (χ3v) is 2.97. The molecule has 0 bridgehead atoms. The summed E-state index contributed by atoms with van der Waals surface area (Å²) in [6.07, 6.45) is 0. The van der Waals surface area contributed by atoms with Crippen LogP contribution in [0.25, 0.3) is 0 Å². The fourth-order valence-corrected chi connectivity index (χ4v) is 2.03. The van der Waals surface area contributed by atoms with E-state index in [2.05, 4.69) is 9.88 Å². The van der Waals surface area contributed by atoms with Crippen LogP contribution in [0.5, 0.6) is 0 Å². The molecule has 84 valence electrons. The highest BCUT2D eigenvalue weighted by Gasteiger charge is 2.14. The summed E-state index contributed by atoms with van der Waals surface area (Å²) in [5.41, 5.74) is 0.964. The lowest BCUT2D eigenvalue weighted by molar-refractivity contribution is -0.116. The van der Waals surface area contributed by atoms with Crippen molar-refractivity contribution >= 4 is 22.4 Å². The van der Waals surface area contributed by atoms with Gasteiger partial charge in [0.1, 0.15) is 0 Å². The lowest BCUT2D eigenvalue weighted by Crippen LogP contribution is -2.35. The summed E-state index contributed by atoms with van der Waals surface area (Å²) in [6, 6.07) is 0. The van der Waals surface area contributed by atoms with Crippen LogP contribution in [0.3, 0.4) is 0 Å². The van der Waals surface area contributed by atoms with Gasteiger partial charge in [-0.2, -0.15) is 0 Å². The molecule has 15 heavy (non-hydrogen) atoms. The van der Waals surface area contributed by atoms with Crippen molar-refractivity contribution in [1.82, 2.24) is 9.88 Å². The Balaban J connectivity index is 2.70. The second-order valence-electron chi connectivity index (χ2n) is 3.75. The lowest BCUT2D eigenvalue weighted by Gasteiger charge is -2.20. The topological polar surface area (TPSA) is 36.4 Å². The van der Waals surface area contributed by atoms with Crippen LogP contribution < -0.4 is 4.90 Å². The van der Waals surface area contributed by atoms with Crippen LogP contribution >= 0.6 is 11.3 Å². The zero-order chi connectivity index (χ0) is 11.4. The van der Waals surface area contributed by atoms with E-state index in [4.69, 9.17) is 0 Å². The van der Waals surface area contributed by atoms with Crippen LogP contribution in [-0.4, -0.2) is 43.0 Å². The molecular formula is C10H17N3OS. The first-order chi connectivity index (χ1) is 7.00. The molecule has 0 aliphatic carbocycles. The Bertz CT molecular complexity index is 335. The molecule has 0 atom stereocenters. The molecule has 1 amide bonds. The fourth-order valence-electron chi connectivity index (χ4n) is 1.15. The van der Waals surface area contributed by atoms with E-state index in [0.717, 1.165) is 17.4 Å². The van der Waals surface area contributed by atoms with Crippen LogP contribution in [0.1, 0.15) is 12.6 Å². The maximum absolute atomic E-state index is 11.4. The average Bonchev–Trinajstić information content (AvgIpc) is 2.51. The van der Waals surface area contributed by atoms with Crippen LogP contribution in [0.2, 0.25) is 0 Å². The molecular weight excluding hydrogens is 210 g/mol. The van der Waals surface area contributed by atoms with Gasteiger partial charge in [-0.15, -0.1) is 11.3 Å². The second-order valence-corrected chi connectivity index (χ2v) is 4.58. The molecule has 1 heterocycles. The minimum Gasteiger partial charge on any atom is -0.308 e. The number of likely N-dealkylation sites (N-methyl/N-ethyl adjacent to an activating group) is 1. The first kappa shape index (κ1) is 12.1. The number of hydrogen-bond donors (Lipinski definition) is 0. The largest absolute Gasteiger partial charge is 0.308 e. The molecule has 0 N–H and O–H groups in total. The predicted octanol–water partition coefficient (Wildman–Crippen LogP) is 1.37. The number of carbonyl (C=O) groups is 1. The summed E-state index contributed by atoms with van der Waals surface area (Å²) in [4.78, 5) is 19.5. The molecule has 5 heteroatoms. The number of nitrogens with zero attached hydrogens (tertiary/aromatic N) is 3. The minimum absolute atomic E-state index is 0.0474. The van der Waals surface area contributed by atoms with Gasteiger partial charge in [-0.05, 0) is 21.0 Å². The number of carbonyl (C=O) groups excluding carboxylic acids is 1. The minimum atomic E-state index is 0.0474. The Hall–Kier alpha value is -0.940. The zero-order valence-electron chi connectivity index (χ0n) is 9.65. The van der Waals surface area contributed by atoms with E-state index in [1.54, 1.807) is 11.8 Å². The molecule has 0 aromatic carbocycles. The molecule has 0 saturated heterocycles. The van der Waals surface area contributed by atoms with Gasteiger partial charge in [-0.25, -0.2) is 4.98 Å². The van der Waals surface area contributed by atoms with E-state index in [0.29, 0.717) is 6.54 Å². The SMILES string of the molecule is CC(=O)N(CCN(C)C)c1nc(C)cs1. The van der Waals surface area contributed by atoms with Crippen molar-refractivity contribution in [3.05, 3.63) is 11.1 Å². The first-order valence-corrected chi connectivity index (χ1v) is 5.73. The summed E-state index contributed by atoms with van der Waals surface area (Å²) < 4.78 is 0. The van der Waals surface area contributed by atoms with Gasteiger partial charge < -0.3 is 4.90 Å². The van der Waals surface area contributed by atoms with Gasteiger partial charge in [0.05, 0.1) is 5.69 Å². The summed E-state index contributed by atoms with van der Waals surface area (Å²) in [5, 5.41) is 2.75. The van der Waals surface area contributed by atoms with E-state index in [9.17, 15) is 4.79 Å². The van der Waals surface area contributed by atoms with Crippen molar-refractivity contribution in [2.24, 2.45) is 0 Å². The average molecular weight is 227 g/mol. The zero-order valence-corrected chi connectivity index (χ0v) is 10.5. The Labute approximate surface area is 94.5 Å². The van der Waals surface area contributed by atoms with Gasteiger partial charge in [-0.3, -0.25) is 9.69 Å². The number of anilines is 1. The third kappa shape index (κ3) is 3.60. The lowest BCUT2D eigenvalue weighted by atomic mass is 10.5. The number of hydrogen-bond acceptors (Lipinski definition) is 4. The molecule has 4 nitrogen and oxygen atoms in total. The summed E-state index contributed by atoms with van der Waals surface area (Å²) in [6.45, 7) is 5.05. The second kappa shape index (κ2) is 5.23. The molecule has 1 aromatic rings. The molecule has 1 rings (SSSR count). The number of aromatic nitrogens is 1. The number of aryl methyl sites for hydroxylation is 1. The van der Waals surface area contributed by atoms with Crippen molar-refractivity contribution in [2.75, 3.05) is 32.1 Å². The van der Waals surface area contributed by atoms with E-state index in [1.807, 2.05) is 26.4 Å². The smallest absolute Gasteiger partial charge is 0.225 e. The molecule has 0 unspecified atom stereocenters. The van der Waals surface area contributed by atoms with E-state index in [1.165, 1.54) is 11.3 Å². The van der Waals surface area contributed by atoms with Crippen molar-refractivity contribution in [3.63, 3.8) is 0 Å². The van der Waals surface area contributed by atoms with Gasteiger partial charge in [0.2, 0.25) is 5.91 Å². The highest BCUT2D eigenvalue weighted by molar-refractivity contribution is 7.14. The molecule has 0 radical (unpaired) electrons. The predicted molar refractivity (Wildman–Crippen MR) is 63.4 cm³/mol. The third-order valence-electron chi connectivity index (χ3n) is 1.99. The summed E-state index contributed by atoms with van der Waals surface area (Å²) >= 11 is 1.51.